The van der Waals surface area contributed by atoms with Crippen molar-refractivity contribution < 1.29 is 22.4 Å². The second kappa shape index (κ2) is 6.10. The Bertz CT molecular complexity index is 802. The molecule has 2 heterocycles. The first kappa shape index (κ1) is 14.5. The number of carbonyl (C=O) groups excluding carboxylic acids is 1. The number of halogens is 2. The molecule has 5 nitrogen and oxygen atoms in total. The number of thioether (sulfide) groups is 1. The molecule has 0 amide bonds. The monoisotopic (exact) mass is 322 g/mol. The van der Waals surface area contributed by atoms with Gasteiger partial charge >= 0.3 is 0 Å². The maximum absolute atomic E-state index is 13.5. The molecule has 22 heavy (non-hydrogen) atoms. The average Bonchev–Trinajstić information content (AvgIpc) is 3.16. The lowest BCUT2D eigenvalue weighted by atomic mass is 10.1. The van der Waals surface area contributed by atoms with Crippen LogP contribution >= 0.6 is 11.8 Å². The lowest BCUT2D eigenvalue weighted by molar-refractivity contribution is 0.101. The molecule has 0 saturated carbocycles. The summed E-state index contributed by atoms with van der Waals surface area (Å²) in [6.45, 7) is 0. The van der Waals surface area contributed by atoms with Crippen molar-refractivity contribution in [3.05, 3.63) is 53.8 Å². The molecule has 0 saturated heterocycles. The molecule has 0 fully saturated rings. The number of ketones is 1. The molecule has 0 bridgehead atoms. The fourth-order valence-corrected chi connectivity index (χ4v) is 2.34. The number of hydrogen-bond donors (Lipinski definition) is 0. The van der Waals surface area contributed by atoms with Gasteiger partial charge in [-0.3, -0.25) is 4.79 Å². The van der Waals surface area contributed by atoms with Crippen molar-refractivity contribution in [1.29, 1.82) is 0 Å². The molecule has 0 aliphatic carbocycles. The van der Waals surface area contributed by atoms with E-state index in [1.165, 1.54) is 6.26 Å². The Morgan fingerprint density at radius 1 is 1.23 bits per heavy atom. The van der Waals surface area contributed by atoms with Crippen LogP contribution in [0.4, 0.5) is 8.78 Å². The van der Waals surface area contributed by atoms with Crippen molar-refractivity contribution in [3.8, 4) is 11.7 Å². The minimum atomic E-state index is -0.896. The Hall–Kier alpha value is -2.48. The molecule has 8 heteroatoms. The number of furan rings is 1. The molecule has 112 valence electrons. The summed E-state index contributed by atoms with van der Waals surface area (Å²) in [5, 5.41) is 7.68. The van der Waals surface area contributed by atoms with E-state index in [0.717, 1.165) is 23.9 Å². The van der Waals surface area contributed by atoms with Gasteiger partial charge in [0.1, 0.15) is 11.6 Å². The van der Waals surface area contributed by atoms with Crippen LogP contribution in [0.3, 0.4) is 0 Å². The Kier molecular flexibility index (Phi) is 4.01. The first-order valence-electron chi connectivity index (χ1n) is 6.12. The molecular weight excluding hydrogens is 314 g/mol. The van der Waals surface area contributed by atoms with Crippen molar-refractivity contribution in [2.45, 2.75) is 5.22 Å². The van der Waals surface area contributed by atoms with Gasteiger partial charge in [-0.2, -0.15) is 0 Å². The van der Waals surface area contributed by atoms with E-state index < -0.39 is 17.4 Å². The summed E-state index contributed by atoms with van der Waals surface area (Å²) in [4.78, 5) is 11.9. The molecule has 3 aromatic rings. The number of nitrogens with zero attached hydrogens (tertiary/aromatic N) is 2. The minimum absolute atomic E-state index is 0.109. The summed E-state index contributed by atoms with van der Waals surface area (Å²) in [5.74, 6) is -1.64. The lowest BCUT2D eigenvalue weighted by Gasteiger charge is -2.00. The Morgan fingerprint density at radius 3 is 2.82 bits per heavy atom. The van der Waals surface area contributed by atoms with Gasteiger partial charge in [-0.1, -0.05) is 11.8 Å². The van der Waals surface area contributed by atoms with Crippen LogP contribution in [0.2, 0.25) is 0 Å². The van der Waals surface area contributed by atoms with Crippen LogP contribution in [-0.2, 0) is 0 Å². The van der Waals surface area contributed by atoms with Crippen molar-refractivity contribution >= 4 is 17.5 Å². The molecule has 1 aromatic carbocycles. The van der Waals surface area contributed by atoms with E-state index in [1.807, 2.05) is 0 Å². The minimum Gasteiger partial charge on any atom is -0.459 e. The van der Waals surface area contributed by atoms with E-state index in [4.69, 9.17) is 8.83 Å². The van der Waals surface area contributed by atoms with Crippen LogP contribution in [0.25, 0.3) is 11.7 Å². The van der Waals surface area contributed by atoms with Gasteiger partial charge in [0.2, 0.25) is 0 Å². The van der Waals surface area contributed by atoms with Gasteiger partial charge in [0.15, 0.2) is 11.5 Å². The number of aromatic nitrogens is 2. The number of Topliss-reactive ketones (excluding diaryl/α,β-unsaturated/α-hetero) is 1. The number of carbonyl (C=O) groups is 1. The predicted molar refractivity (Wildman–Crippen MR) is 73.4 cm³/mol. The maximum Gasteiger partial charge on any atom is 0.284 e. The van der Waals surface area contributed by atoms with Crippen molar-refractivity contribution in [2.75, 3.05) is 5.75 Å². The zero-order valence-electron chi connectivity index (χ0n) is 11.0. The van der Waals surface area contributed by atoms with E-state index in [-0.39, 0.29) is 22.4 Å². The van der Waals surface area contributed by atoms with Gasteiger partial charge in [0.25, 0.3) is 11.1 Å². The first-order valence-corrected chi connectivity index (χ1v) is 7.10. The summed E-state index contributed by atoms with van der Waals surface area (Å²) in [6, 6.07) is 6.13. The average molecular weight is 322 g/mol. The Labute approximate surface area is 127 Å². The topological polar surface area (TPSA) is 69.1 Å². The molecule has 0 aliphatic rings. The second-order valence-corrected chi connectivity index (χ2v) is 5.11. The highest BCUT2D eigenvalue weighted by Crippen LogP contribution is 2.24. The van der Waals surface area contributed by atoms with Gasteiger partial charge in [0, 0.05) is 6.07 Å². The molecule has 0 N–H and O–H groups in total. The molecule has 0 unspecified atom stereocenters. The van der Waals surface area contributed by atoms with Crippen molar-refractivity contribution in [3.63, 3.8) is 0 Å². The van der Waals surface area contributed by atoms with Crippen molar-refractivity contribution in [2.24, 2.45) is 0 Å². The fourth-order valence-electron chi connectivity index (χ4n) is 1.69. The zero-order chi connectivity index (χ0) is 15.5. The zero-order valence-corrected chi connectivity index (χ0v) is 11.8. The second-order valence-electron chi connectivity index (χ2n) is 4.19. The van der Waals surface area contributed by atoms with E-state index in [9.17, 15) is 13.6 Å². The van der Waals surface area contributed by atoms with E-state index >= 15 is 0 Å². The summed E-state index contributed by atoms with van der Waals surface area (Å²) >= 11 is 0.962. The van der Waals surface area contributed by atoms with Crippen LogP contribution in [0.5, 0.6) is 0 Å². The summed E-state index contributed by atoms with van der Waals surface area (Å²) < 4.78 is 36.7. The Balaban J connectivity index is 1.66. The van der Waals surface area contributed by atoms with E-state index in [1.54, 1.807) is 12.1 Å². The maximum atomic E-state index is 13.5. The van der Waals surface area contributed by atoms with E-state index in [0.29, 0.717) is 11.8 Å². The van der Waals surface area contributed by atoms with Crippen molar-refractivity contribution in [1.82, 2.24) is 10.2 Å². The van der Waals surface area contributed by atoms with Crippen LogP contribution in [0.1, 0.15) is 10.4 Å². The third kappa shape index (κ3) is 3.06. The third-order valence-electron chi connectivity index (χ3n) is 2.70. The van der Waals surface area contributed by atoms with E-state index in [2.05, 4.69) is 10.2 Å². The van der Waals surface area contributed by atoms with Gasteiger partial charge in [-0.25, -0.2) is 8.78 Å². The van der Waals surface area contributed by atoms with Crippen LogP contribution in [0.15, 0.2) is 50.7 Å². The summed E-state index contributed by atoms with van der Waals surface area (Å²) in [5.41, 5.74) is -0.181. The number of benzene rings is 1. The van der Waals surface area contributed by atoms with Crippen LogP contribution in [-0.4, -0.2) is 21.7 Å². The summed E-state index contributed by atoms with van der Waals surface area (Å²) in [7, 11) is 0. The third-order valence-corrected chi connectivity index (χ3v) is 3.52. The van der Waals surface area contributed by atoms with Gasteiger partial charge in [0.05, 0.1) is 17.6 Å². The molecule has 0 radical (unpaired) electrons. The predicted octanol–water partition coefficient (Wildman–Crippen LogP) is 3.58. The molecule has 2 aromatic heterocycles. The highest BCUT2D eigenvalue weighted by atomic mass is 32.2. The fraction of sp³-hybridized carbons (Fsp3) is 0.0714. The molecule has 3 rings (SSSR count). The molecule has 0 spiro atoms. The van der Waals surface area contributed by atoms with Crippen LogP contribution < -0.4 is 0 Å². The Morgan fingerprint density at radius 2 is 2.09 bits per heavy atom. The van der Waals surface area contributed by atoms with Gasteiger partial charge < -0.3 is 8.83 Å². The number of rotatable bonds is 5. The highest BCUT2D eigenvalue weighted by Gasteiger charge is 2.16. The first-order chi connectivity index (χ1) is 10.6. The number of hydrogen-bond acceptors (Lipinski definition) is 6. The highest BCUT2D eigenvalue weighted by molar-refractivity contribution is 7.99. The van der Waals surface area contributed by atoms with Crippen LogP contribution in [0, 0.1) is 11.6 Å². The standard InChI is InChI=1S/C14H8F2N2O3S/c15-8-3-4-9(10(16)6-8)11(19)7-22-14-18-17-13(21-14)12-2-1-5-20-12/h1-6H,7H2. The quantitative estimate of drug-likeness (QED) is 0.528. The molecule has 0 aliphatic heterocycles. The largest absolute Gasteiger partial charge is 0.459 e. The molecular formula is C14H8F2N2O3S. The smallest absolute Gasteiger partial charge is 0.284 e. The van der Waals surface area contributed by atoms with Gasteiger partial charge in [-0.15, -0.1) is 10.2 Å². The SMILES string of the molecule is O=C(CSc1nnc(-c2ccco2)o1)c1ccc(F)cc1F. The summed E-state index contributed by atoms with van der Waals surface area (Å²) in [6.07, 6.45) is 1.47. The van der Waals surface area contributed by atoms with Gasteiger partial charge in [-0.05, 0) is 24.3 Å². The normalized spacial score (nSPS) is 10.8. The molecule has 0 atom stereocenters. The lowest BCUT2D eigenvalue weighted by Crippen LogP contribution is -2.05.